The lowest BCUT2D eigenvalue weighted by Crippen LogP contribution is -2.44. The fourth-order valence-corrected chi connectivity index (χ4v) is 2.56. The Balaban J connectivity index is 1.85. The highest BCUT2D eigenvalue weighted by molar-refractivity contribution is 5.83. The van der Waals surface area contributed by atoms with E-state index in [4.69, 9.17) is 0 Å². The van der Waals surface area contributed by atoms with Gasteiger partial charge in [-0.1, -0.05) is 36.4 Å². The van der Waals surface area contributed by atoms with E-state index in [1.165, 1.54) is 18.0 Å². The molecule has 144 valence electrons. The lowest BCUT2D eigenvalue weighted by atomic mass is 10.2. The van der Waals surface area contributed by atoms with Gasteiger partial charge in [-0.3, -0.25) is 4.79 Å². The summed E-state index contributed by atoms with van der Waals surface area (Å²) in [4.78, 5) is 27.4. The van der Waals surface area contributed by atoms with Gasteiger partial charge in [-0.2, -0.15) is 0 Å². The Labute approximate surface area is 157 Å². The first-order valence-corrected chi connectivity index (χ1v) is 8.65. The first-order valence-electron chi connectivity index (χ1n) is 8.65. The Morgan fingerprint density at radius 2 is 1.67 bits per heavy atom. The van der Waals surface area contributed by atoms with Crippen molar-refractivity contribution in [1.82, 2.24) is 15.1 Å². The molecule has 0 heterocycles. The number of nitrogens with zero attached hydrogens (tertiary/aromatic N) is 2. The highest BCUT2D eigenvalue weighted by Crippen LogP contribution is 2.10. The molecule has 0 radical (unpaired) electrons. The van der Waals surface area contributed by atoms with Gasteiger partial charge >= 0.3 is 6.03 Å². The van der Waals surface area contributed by atoms with Crippen LogP contribution in [0, 0.1) is 11.6 Å². The molecule has 2 aromatic carbocycles. The van der Waals surface area contributed by atoms with E-state index in [-0.39, 0.29) is 19.0 Å². The minimum absolute atomic E-state index is 0.0960. The molecular weight excluding hydrogens is 352 g/mol. The topological polar surface area (TPSA) is 52.7 Å². The maximum atomic E-state index is 13.2. The molecule has 2 aromatic rings. The van der Waals surface area contributed by atoms with E-state index in [1.807, 2.05) is 37.3 Å². The molecule has 0 bridgehead atoms. The van der Waals surface area contributed by atoms with E-state index in [9.17, 15) is 18.4 Å². The van der Waals surface area contributed by atoms with Crippen LogP contribution in [0.25, 0.3) is 0 Å². The number of carbonyl (C=O) groups is 2. The van der Waals surface area contributed by atoms with E-state index < -0.39 is 17.7 Å². The maximum Gasteiger partial charge on any atom is 0.317 e. The van der Waals surface area contributed by atoms with Crippen LogP contribution in [0.5, 0.6) is 0 Å². The van der Waals surface area contributed by atoms with Crippen LogP contribution in [0.3, 0.4) is 0 Å². The summed E-state index contributed by atoms with van der Waals surface area (Å²) in [6.45, 7) is 2.82. The lowest BCUT2D eigenvalue weighted by molar-refractivity contribution is -0.130. The number of urea groups is 1. The molecule has 5 nitrogen and oxygen atoms in total. The second-order valence-electron chi connectivity index (χ2n) is 6.16. The third kappa shape index (κ3) is 6.06. The minimum Gasteiger partial charge on any atom is -0.337 e. The van der Waals surface area contributed by atoms with Gasteiger partial charge in [0.1, 0.15) is 0 Å². The molecule has 0 spiro atoms. The standard InChI is InChI=1S/C20H23F2N3O2/c1-3-25(14-15-7-5-4-6-8-15)19(26)12-23-20(27)24(2)13-16-9-10-17(21)18(22)11-16/h4-11H,3,12-14H2,1-2H3,(H,23,27). The van der Waals surface area contributed by atoms with Crippen molar-refractivity contribution in [1.29, 1.82) is 0 Å². The number of hydrogen-bond acceptors (Lipinski definition) is 2. The first-order chi connectivity index (χ1) is 12.9. The molecule has 0 saturated carbocycles. The molecule has 2 rings (SSSR count). The van der Waals surface area contributed by atoms with E-state index in [1.54, 1.807) is 4.90 Å². The predicted molar refractivity (Wildman–Crippen MR) is 98.8 cm³/mol. The molecule has 0 saturated heterocycles. The van der Waals surface area contributed by atoms with E-state index in [0.717, 1.165) is 17.7 Å². The van der Waals surface area contributed by atoms with Crippen LogP contribution in [0.15, 0.2) is 48.5 Å². The van der Waals surface area contributed by atoms with E-state index in [0.29, 0.717) is 18.7 Å². The van der Waals surface area contributed by atoms with Gasteiger partial charge in [0, 0.05) is 26.7 Å². The number of carbonyl (C=O) groups excluding carboxylic acids is 2. The van der Waals surface area contributed by atoms with Gasteiger partial charge in [-0.15, -0.1) is 0 Å². The van der Waals surface area contributed by atoms with Crippen molar-refractivity contribution in [2.24, 2.45) is 0 Å². The van der Waals surface area contributed by atoms with E-state index in [2.05, 4.69) is 5.32 Å². The number of amides is 3. The van der Waals surface area contributed by atoms with Crippen molar-refractivity contribution in [3.63, 3.8) is 0 Å². The van der Waals surface area contributed by atoms with Crippen LogP contribution in [-0.2, 0) is 17.9 Å². The zero-order valence-corrected chi connectivity index (χ0v) is 15.4. The van der Waals surface area contributed by atoms with Gasteiger partial charge in [0.25, 0.3) is 0 Å². The molecule has 0 atom stereocenters. The molecule has 0 aliphatic heterocycles. The lowest BCUT2D eigenvalue weighted by Gasteiger charge is -2.23. The Hall–Kier alpha value is -2.96. The molecule has 0 unspecified atom stereocenters. The molecule has 0 aromatic heterocycles. The van der Waals surface area contributed by atoms with Gasteiger partial charge in [-0.25, -0.2) is 13.6 Å². The second-order valence-corrected chi connectivity index (χ2v) is 6.16. The molecule has 27 heavy (non-hydrogen) atoms. The number of benzene rings is 2. The predicted octanol–water partition coefficient (Wildman–Crippen LogP) is 3.15. The van der Waals surface area contributed by atoms with Gasteiger partial charge in [-0.05, 0) is 30.2 Å². The van der Waals surface area contributed by atoms with Crippen molar-refractivity contribution >= 4 is 11.9 Å². The number of halogens is 2. The maximum absolute atomic E-state index is 13.2. The molecule has 7 heteroatoms. The molecule has 0 aliphatic carbocycles. The van der Waals surface area contributed by atoms with Crippen molar-refractivity contribution in [2.75, 3.05) is 20.1 Å². The summed E-state index contributed by atoms with van der Waals surface area (Å²) >= 11 is 0. The quantitative estimate of drug-likeness (QED) is 0.808. The van der Waals surface area contributed by atoms with Crippen LogP contribution < -0.4 is 5.32 Å². The fraction of sp³-hybridized carbons (Fsp3) is 0.300. The van der Waals surface area contributed by atoms with E-state index >= 15 is 0 Å². The summed E-state index contributed by atoms with van der Waals surface area (Å²) < 4.78 is 26.2. The Kier molecular flexibility index (Phi) is 7.28. The summed E-state index contributed by atoms with van der Waals surface area (Å²) in [5.74, 6) is -2.10. The monoisotopic (exact) mass is 375 g/mol. The Bertz CT molecular complexity index is 784. The zero-order valence-electron chi connectivity index (χ0n) is 15.4. The molecule has 3 amide bonds. The van der Waals surface area contributed by atoms with Crippen LogP contribution in [0.4, 0.5) is 13.6 Å². The minimum atomic E-state index is -0.962. The van der Waals surface area contributed by atoms with Crippen molar-refractivity contribution in [3.8, 4) is 0 Å². The molecule has 0 aliphatic rings. The van der Waals surface area contributed by atoms with Crippen LogP contribution >= 0.6 is 0 Å². The average Bonchev–Trinajstić information content (AvgIpc) is 2.67. The van der Waals surface area contributed by atoms with Crippen LogP contribution in [-0.4, -0.2) is 41.9 Å². The van der Waals surface area contributed by atoms with Crippen LogP contribution in [0.1, 0.15) is 18.1 Å². The Morgan fingerprint density at radius 3 is 2.30 bits per heavy atom. The number of nitrogens with one attached hydrogen (secondary N) is 1. The van der Waals surface area contributed by atoms with Gasteiger partial charge in [0.15, 0.2) is 11.6 Å². The van der Waals surface area contributed by atoms with Crippen molar-refractivity contribution in [2.45, 2.75) is 20.0 Å². The summed E-state index contributed by atoms with van der Waals surface area (Å²) in [7, 11) is 1.52. The molecule has 0 fully saturated rings. The Morgan fingerprint density at radius 1 is 0.963 bits per heavy atom. The van der Waals surface area contributed by atoms with Gasteiger partial charge < -0.3 is 15.1 Å². The summed E-state index contributed by atoms with van der Waals surface area (Å²) in [6.07, 6.45) is 0. The molecule has 1 N–H and O–H groups in total. The normalized spacial score (nSPS) is 10.4. The SMILES string of the molecule is CCN(Cc1ccccc1)C(=O)CNC(=O)N(C)Cc1ccc(F)c(F)c1. The summed E-state index contributed by atoms with van der Waals surface area (Å²) in [6, 6.07) is 12.6. The van der Waals surface area contributed by atoms with Crippen molar-refractivity contribution < 1.29 is 18.4 Å². The smallest absolute Gasteiger partial charge is 0.317 e. The second kappa shape index (κ2) is 9.66. The first kappa shape index (κ1) is 20.4. The largest absolute Gasteiger partial charge is 0.337 e. The fourth-order valence-electron chi connectivity index (χ4n) is 2.56. The third-order valence-corrected chi connectivity index (χ3v) is 4.09. The highest BCUT2D eigenvalue weighted by Gasteiger charge is 2.15. The molecular formula is C20H23F2N3O2. The summed E-state index contributed by atoms with van der Waals surface area (Å²) in [5.41, 5.74) is 1.46. The van der Waals surface area contributed by atoms with Gasteiger partial charge in [0.2, 0.25) is 5.91 Å². The number of likely N-dealkylation sites (N-methyl/N-ethyl adjacent to an activating group) is 1. The summed E-state index contributed by atoms with van der Waals surface area (Å²) in [5, 5.41) is 2.56. The van der Waals surface area contributed by atoms with Crippen LogP contribution in [0.2, 0.25) is 0 Å². The van der Waals surface area contributed by atoms with Crippen molar-refractivity contribution in [3.05, 3.63) is 71.3 Å². The number of rotatable bonds is 7. The highest BCUT2D eigenvalue weighted by atomic mass is 19.2. The number of hydrogen-bond donors (Lipinski definition) is 1. The average molecular weight is 375 g/mol. The van der Waals surface area contributed by atoms with Gasteiger partial charge in [0.05, 0.1) is 6.54 Å². The third-order valence-electron chi connectivity index (χ3n) is 4.09. The zero-order chi connectivity index (χ0) is 19.8.